The van der Waals surface area contributed by atoms with Gasteiger partial charge in [0.05, 0.1) is 11.3 Å². The highest BCUT2D eigenvalue weighted by molar-refractivity contribution is 6.31. The fourth-order valence-corrected chi connectivity index (χ4v) is 1.80. The third-order valence-electron chi connectivity index (χ3n) is 2.56. The van der Waals surface area contributed by atoms with E-state index in [9.17, 15) is 4.79 Å². The van der Waals surface area contributed by atoms with E-state index in [1.807, 2.05) is 14.1 Å². The van der Waals surface area contributed by atoms with Crippen molar-refractivity contribution in [2.45, 2.75) is 12.8 Å². The molecule has 0 heterocycles. The van der Waals surface area contributed by atoms with Crippen molar-refractivity contribution >= 4 is 23.3 Å². The van der Waals surface area contributed by atoms with Crippen molar-refractivity contribution in [1.82, 2.24) is 4.90 Å². The standard InChI is InChI=1S/C13H19ClN2O2/c1-16(2)8-4-3-7-15-12-9-10(14)5-6-11(12)13(17)18/h5-6,9,15H,3-4,7-8H2,1-2H3,(H,17,18). The Bertz CT molecular complexity index is 408. The number of carboxylic acids is 1. The van der Waals surface area contributed by atoms with Gasteiger partial charge in [0.2, 0.25) is 0 Å². The van der Waals surface area contributed by atoms with Crippen LogP contribution in [0.4, 0.5) is 5.69 Å². The largest absolute Gasteiger partial charge is 0.478 e. The predicted octanol–water partition coefficient (Wildman–Crippen LogP) is 2.79. The number of nitrogens with zero attached hydrogens (tertiary/aromatic N) is 1. The zero-order valence-electron chi connectivity index (χ0n) is 10.7. The topological polar surface area (TPSA) is 52.6 Å². The van der Waals surface area contributed by atoms with Gasteiger partial charge in [-0.15, -0.1) is 0 Å². The van der Waals surface area contributed by atoms with Crippen molar-refractivity contribution in [1.29, 1.82) is 0 Å². The highest BCUT2D eigenvalue weighted by Gasteiger charge is 2.09. The van der Waals surface area contributed by atoms with Gasteiger partial charge >= 0.3 is 5.97 Å². The Balaban J connectivity index is 2.50. The molecular weight excluding hydrogens is 252 g/mol. The van der Waals surface area contributed by atoms with E-state index in [0.717, 1.165) is 25.9 Å². The molecule has 0 fully saturated rings. The molecule has 18 heavy (non-hydrogen) atoms. The quantitative estimate of drug-likeness (QED) is 0.748. The number of carbonyl (C=O) groups is 1. The fraction of sp³-hybridized carbons (Fsp3) is 0.462. The minimum Gasteiger partial charge on any atom is -0.478 e. The van der Waals surface area contributed by atoms with Gasteiger partial charge in [-0.1, -0.05) is 11.6 Å². The normalized spacial score (nSPS) is 10.7. The van der Waals surface area contributed by atoms with Crippen LogP contribution in [-0.2, 0) is 0 Å². The van der Waals surface area contributed by atoms with Crippen LogP contribution in [-0.4, -0.2) is 43.2 Å². The van der Waals surface area contributed by atoms with Crippen LogP contribution in [0.5, 0.6) is 0 Å². The van der Waals surface area contributed by atoms with Gasteiger partial charge in [0.15, 0.2) is 0 Å². The number of carboxylic acid groups (broad SMARTS) is 1. The van der Waals surface area contributed by atoms with E-state index >= 15 is 0 Å². The van der Waals surface area contributed by atoms with Crippen molar-refractivity contribution in [3.05, 3.63) is 28.8 Å². The van der Waals surface area contributed by atoms with Crippen LogP contribution in [0.2, 0.25) is 5.02 Å². The number of unbranched alkanes of at least 4 members (excludes halogenated alkanes) is 1. The Morgan fingerprint density at radius 3 is 2.72 bits per heavy atom. The lowest BCUT2D eigenvalue weighted by molar-refractivity contribution is 0.0698. The molecule has 0 amide bonds. The minimum absolute atomic E-state index is 0.256. The first-order valence-electron chi connectivity index (χ1n) is 5.92. The molecule has 1 aromatic carbocycles. The molecule has 1 rings (SSSR count). The molecule has 0 saturated heterocycles. The summed E-state index contributed by atoms with van der Waals surface area (Å²) in [5.74, 6) is -0.942. The van der Waals surface area contributed by atoms with Crippen LogP contribution in [0.25, 0.3) is 0 Å². The van der Waals surface area contributed by atoms with E-state index in [1.165, 1.54) is 6.07 Å². The summed E-state index contributed by atoms with van der Waals surface area (Å²) in [6.45, 7) is 1.78. The van der Waals surface area contributed by atoms with Crippen LogP contribution in [0, 0.1) is 0 Å². The maximum atomic E-state index is 11.0. The number of halogens is 1. The molecule has 100 valence electrons. The van der Waals surface area contributed by atoms with Crippen LogP contribution >= 0.6 is 11.6 Å². The second-order valence-electron chi connectivity index (χ2n) is 4.43. The molecule has 0 aliphatic rings. The second kappa shape index (κ2) is 7.24. The zero-order valence-corrected chi connectivity index (χ0v) is 11.5. The fourth-order valence-electron chi connectivity index (χ4n) is 1.63. The SMILES string of the molecule is CN(C)CCCCNc1cc(Cl)ccc1C(=O)O. The smallest absolute Gasteiger partial charge is 0.337 e. The summed E-state index contributed by atoms with van der Waals surface area (Å²) >= 11 is 5.86. The van der Waals surface area contributed by atoms with E-state index in [-0.39, 0.29) is 5.56 Å². The summed E-state index contributed by atoms with van der Waals surface area (Å²) in [7, 11) is 4.07. The van der Waals surface area contributed by atoms with E-state index in [0.29, 0.717) is 10.7 Å². The van der Waals surface area contributed by atoms with Gasteiger partial charge in [0.1, 0.15) is 0 Å². The van der Waals surface area contributed by atoms with Crippen molar-refractivity contribution in [2.75, 3.05) is 32.5 Å². The van der Waals surface area contributed by atoms with E-state index in [1.54, 1.807) is 12.1 Å². The van der Waals surface area contributed by atoms with E-state index < -0.39 is 5.97 Å². The van der Waals surface area contributed by atoms with E-state index in [4.69, 9.17) is 16.7 Å². The molecule has 1 aromatic rings. The van der Waals surface area contributed by atoms with Crippen molar-refractivity contribution in [2.24, 2.45) is 0 Å². The number of nitrogens with one attached hydrogen (secondary N) is 1. The summed E-state index contributed by atoms with van der Waals surface area (Å²) < 4.78 is 0. The van der Waals surface area contributed by atoms with Gasteiger partial charge in [-0.3, -0.25) is 0 Å². The average molecular weight is 271 g/mol. The molecule has 0 bridgehead atoms. The van der Waals surface area contributed by atoms with Crippen LogP contribution in [0.1, 0.15) is 23.2 Å². The molecule has 0 radical (unpaired) electrons. The molecule has 0 saturated carbocycles. The van der Waals surface area contributed by atoms with Gasteiger partial charge in [-0.25, -0.2) is 4.79 Å². The summed E-state index contributed by atoms with van der Waals surface area (Å²) in [5, 5.41) is 12.7. The highest BCUT2D eigenvalue weighted by Crippen LogP contribution is 2.21. The molecule has 0 aliphatic carbocycles. The number of hydrogen-bond donors (Lipinski definition) is 2. The van der Waals surface area contributed by atoms with Crippen molar-refractivity contribution in [3.63, 3.8) is 0 Å². The molecule has 4 nitrogen and oxygen atoms in total. The van der Waals surface area contributed by atoms with Crippen molar-refractivity contribution in [3.8, 4) is 0 Å². The summed E-state index contributed by atoms with van der Waals surface area (Å²) in [6, 6.07) is 4.76. The Morgan fingerprint density at radius 2 is 2.11 bits per heavy atom. The van der Waals surface area contributed by atoms with Crippen LogP contribution in [0.3, 0.4) is 0 Å². The third kappa shape index (κ3) is 4.94. The second-order valence-corrected chi connectivity index (χ2v) is 4.87. The first kappa shape index (κ1) is 14.8. The van der Waals surface area contributed by atoms with Gasteiger partial charge in [-0.05, 0) is 51.7 Å². The van der Waals surface area contributed by atoms with Gasteiger partial charge < -0.3 is 15.3 Å². The summed E-state index contributed by atoms with van der Waals surface area (Å²) in [6.07, 6.45) is 2.06. The molecule has 0 unspecified atom stereocenters. The lowest BCUT2D eigenvalue weighted by Crippen LogP contribution is -2.14. The molecule has 0 aromatic heterocycles. The molecular formula is C13H19ClN2O2. The Hall–Kier alpha value is -1.26. The summed E-state index contributed by atoms with van der Waals surface area (Å²) in [5.41, 5.74) is 0.840. The lowest BCUT2D eigenvalue weighted by Gasteiger charge is -2.11. The lowest BCUT2D eigenvalue weighted by atomic mass is 10.1. The molecule has 0 atom stereocenters. The number of hydrogen-bond acceptors (Lipinski definition) is 3. The third-order valence-corrected chi connectivity index (χ3v) is 2.79. The monoisotopic (exact) mass is 270 g/mol. The Morgan fingerprint density at radius 1 is 1.39 bits per heavy atom. The maximum Gasteiger partial charge on any atom is 0.337 e. The number of anilines is 1. The number of benzene rings is 1. The number of rotatable bonds is 7. The zero-order chi connectivity index (χ0) is 13.5. The first-order chi connectivity index (χ1) is 8.50. The molecule has 0 spiro atoms. The minimum atomic E-state index is -0.942. The Labute approximate surface area is 113 Å². The van der Waals surface area contributed by atoms with Crippen LogP contribution < -0.4 is 5.32 Å². The molecule has 2 N–H and O–H groups in total. The average Bonchev–Trinajstić information content (AvgIpc) is 2.27. The summed E-state index contributed by atoms with van der Waals surface area (Å²) in [4.78, 5) is 13.1. The Kier molecular flexibility index (Phi) is 5.95. The first-order valence-corrected chi connectivity index (χ1v) is 6.30. The molecule has 5 heteroatoms. The molecule has 0 aliphatic heterocycles. The maximum absolute atomic E-state index is 11.0. The van der Waals surface area contributed by atoms with Gasteiger partial charge in [-0.2, -0.15) is 0 Å². The van der Waals surface area contributed by atoms with E-state index in [2.05, 4.69) is 10.2 Å². The van der Waals surface area contributed by atoms with Crippen LogP contribution in [0.15, 0.2) is 18.2 Å². The highest BCUT2D eigenvalue weighted by atomic mass is 35.5. The number of aromatic carboxylic acids is 1. The van der Waals surface area contributed by atoms with Gasteiger partial charge in [0.25, 0.3) is 0 Å². The van der Waals surface area contributed by atoms with Crippen molar-refractivity contribution < 1.29 is 9.90 Å². The predicted molar refractivity (Wildman–Crippen MR) is 74.7 cm³/mol. The van der Waals surface area contributed by atoms with Gasteiger partial charge in [0, 0.05) is 11.6 Å².